The van der Waals surface area contributed by atoms with Crippen molar-refractivity contribution >= 4 is 17.2 Å². The van der Waals surface area contributed by atoms with E-state index in [0.717, 1.165) is 22.4 Å². The van der Waals surface area contributed by atoms with Gasteiger partial charge in [0.15, 0.2) is 0 Å². The van der Waals surface area contributed by atoms with E-state index in [-0.39, 0.29) is 11.8 Å². The zero-order valence-corrected chi connectivity index (χ0v) is 18.1. The third-order valence-corrected chi connectivity index (χ3v) is 5.68. The predicted octanol–water partition coefficient (Wildman–Crippen LogP) is 6.10. The highest BCUT2D eigenvalue weighted by Crippen LogP contribution is 2.37. The summed E-state index contributed by atoms with van der Waals surface area (Å²) in [6, 6.07) is 27.6. The quantitative estimate of drug-likeness (QED) is 0.370. The summed E-state index contributed by atoms with van der Waals surface area (Å²) in [7, 11) is 0. The van der Waals surface area contributed by atoms with E-state index in [0.29, 0.717) is 12.1 Å². The van der Waals surface area contributed by atoms with Crippen molar-refractivity contribution in [1.29, 1.82) is 0 Å². The van der Waals surface area contributed by atoms with Gasteiger partial charge in [-0.1, -0.05) is 110 Å². The molecule has 4 rings (SSSR count). The number of anilines is 1. The maximum atomic E-state index is 13.2. The number of para-hydroxylation sites is 1. The van der Waals surface area contributed by atoms with Crippen LogP contribution in [-0.2, 0) is 11.3 Å². The van der Waals surface area contributed by atoms with Crippen LogP contribution in [0.2, 0.25) is 0 Å². The maximum Gasteiger partial charge on any atom is 0.259 e. The molecule has 2 atom stereocenters. The Kier molecular flexibility index (Phi) is 6.78. The van der Waals surface area contributed by atoms with Gasteiger partial charge in [-0.15, -0.1) is 0 Å². The first kappa shape index (κ1) is 21.5. The van der Waals surface area contributed by atoms with E-state index in [1.807, 2.05) is 127 Å². The number of benzene rings is 3. The lowest BCUT2D eigenvalue weighted by Crippen LogP contribution is -2.25. The zero-order valence-electron chi connectivity index (χ0n) is 18.1. The highest BCUT2D eigenvalue weighted by atomic mass is 16.3. The Morgan fingerprint density at radius 3 is 2.25 bits per heavy atom. The number of hydrogen-bond donors (Lipinski definition) is 1. The number of rotatable bonds is 7. The normalized spacial score (nSPS) is 16.8. The number of allylic oxidation sites excluding steroid dienone is 4. The highest BCUT2D eigenvalue weighted by Gasteiger charge is 2.31. The van der Waals surface area contributed by atoms with Gasteiger partial charge >= 0.3 is 0 Å². The topological polar surface area (TPSA) is 40.5 Å². The van der Waals surface area contributed by atoms with Gasteiger partial charge in [0.1, 0.15) is 0 Å². The number of fused-ring (bicyclic) bond motifs is 1. The van der Waals surface area contributed by atoms with Gasteiger partial charge < -0.3 is 10.0 Å². The molecule has 0 bridgehead atoms. The number of amides is 1. The minimum Gasteiger partial charge on any atom is -0.388 e. The molecule has 3 nitrogen and oxygen atoms in total. The summed E-state index contributed by atoms with van der Waals surface area (Å²) in [5, 5.41) is 10.5. The van der Waals surface area contributed by atoms with Crippen molar-refractivity contribution in [2.24, 2.45) is 5.92 Å². The monoisotopic (exact) mass is 421 g/mol. The lowest BCUT2D eigenvalue weighted by molar-refractivity contribution is -0.113. The first-order valence-corrected chi connectivity index (χ1v) is 10.9. The van der Waals surface area contributed by atoms with Crippen molar-refractivity contribution in [3.05, 3.63) is 132 Å². The molecule has 1 aliphatic heterocycles. The van der Waals surface area contributed by atoms with E-state index in [1.54, 1.807) is 0 Å². The van der Waals surface area contributed by atoms with Crippen LogP contribution in [0.5, 0.6) is 0 Å². The lowest BCUT2D eigenvalue weighted by Gasteiger charge is -2.17. The van der Waals surface area contributed by atoms with Crippen molar-refractivity contribution in [2.75, 3.05) is 4.90 Å². The minimum atomic E-state index is -0.547. The molecule has 1 N–H and O–H groups in total. The Hall–Kier alpha value is -3.69. The largest absolute Gasteiger partial charge is 0.388 e. The van der Waals surface area contributed by atoms with Crippen LogP contribution < -0.4 is 4.90 Å². The molecule has 1 heterocycles. The van der Waals surface area contributed by atoms with Crippen LogP contribution in [0.1, 0.15) is 29.7 Å². The van der Waals surface area contributed by atoms with E-state index < -0.39 is 6.10 Å². The summed E-state index contributed by atoms with van der Waals surface area (Å²) in [6.45, 7) is 2.53. The second kappa shape index (κ2) is 10.1. The average molecular weight is 422 g/mol. The lowest BCUT2D eigenvalue weighted by atomic mass is 9.97. The fraction of sp³-hybridized carbons (Fsp3) is 0.138. The number of nitrogens with zero attached hydrogens (tertiary/aromatic N) is 1. The van der Waals surface area contributed by atoms with Gasteiger partial charge in [-0.2, -0.15) is 0 Å². The molecule has 3 aromatic carbocycles. The SMILES string of the molecule is C[C@H](/C=C/C=C/C=C1/C(=O)N(Cc2ccccc2)c2ccccc21)[C@@H](O)c1ccccc1. The molecule has 0 saturated carbocycles. The molecule has 0 radical (unpaired) electrons. The molecule has 0 unspecified atom stereocenters. The number of aliphatic hydroxyl groups excluding tert-OH is 1. The number of carbonyl (C=O) groups is 1. The van der Waals surface area contributed by atoms with Crippen molar-refractivity contribution < 1.29 is 9.90 Å². The fourth-order valence-electron chi connectivity index (χ4n) is 3.91. The zero-order chi connectivity index (χ0) is 22.3. The number of hydrogen-bond acceptors (Lipinski definition) is 2. The molecule has 0 aromatic heterocycles. The number of aliphatic hydroxyl groups is 1. The van der Waals surface area contributed by atoms with Crippen LogP contribution in [0.4, 0.5) is 5.69 Å². The second-order valence-electron chi connectivity index (χ2n) is 7.96. The van der Waals surface area contributed by atoms with E-state index >= 15 is 0 Å². The first-order chi connectivity index (χ1) is 15.6. The van der Waals surface area contributed by atoms with Crippen molar-refractivity contribution in [3.63, 3.8) is 0 Å². The summed E-state index contributed by atoms with van der Waals surface area (Å²) in [5.41, 5.74) is 4.59. The summed E-state index contributed by atoms with van der Waals surface area (Å²) in [6.07, 6.45) is 8.99. The minimum absolute atomic E-state index is 0.0107. The molecule has 3 heteroatoms. The molecule has 0 aliphatic carbocycles. The van der Waals surface area contributed by atoms with Gasteiger partial charge in [-0.05, 0) is 23.3 Å². The van der Waals surface area contributed by atoms with Gasteiger partial charge in [0, 0.05) is 17.1 Å². The molecular weight excluding hydrogens is 394 g/mol. The Bertz CT molecular complexity index is 1150. The van der Waals surface area contributed by atoms with Crippen LogP contribution in [0, 0.1) is 5.92 Å². The first-order valence-electron chi connectivity index (χ1n) is 10.9. The molecular formula is C29H27NO2. The van der Waals surface area contributed by atoms with Crippen molar-refractivity contribution in [1.82, 2.24) is 0 Å². The summed E-state index contributed by atoms with van der Waals surface area (Å²) in [5.74, 6) is -0.0125. The van der Waals surface area contributed by atoms with Gasteiger partial charge in [-0.3, -0.25) is 4.79 Å². The van der Waals surface area contributed by atoms with E-state index in [4.69, 9.17) is 0 Å². The smallest absolute Gasteiger partial charge is 0.259 e. The summed E-state index contributed by atoms with van der Waals surface area (Å²) < 4.78 is 0. The second-order valence-corrected chi connectivity index (χ2v) is 7.96. The molecule has 0 spiro atoms. The van der Waals surface area contributed by atoms with Gasteiger partial charge in [0.2, 0.25) is 0 Å². The van der Waals surface area contributed by atoms with E-state index in [9.17, 15) is 9.90 Å². The molecule has 1 aliphatic rings. The Morgan fingerprint density at radius 2 is 1.50 bits per heavy atom. The number of carbonyl (C=O) groups excluding carboxylic acids is 1. The van der Waals surface area contributed by atoms with Crippen LogP contribution in [-0.4, -0.2) is 11.0 Å². The van der Waals surface area contributed by atoms with Crippen LogP contribution >= 0.6 is 0 Å². The van der Waals surface area contributed by atoms with Gasteiger partial charge in [0.05, 0.1) is 18.3 Å². The standard InChI is InChI=1S/C29H27NO2/c1-22(28(31)24-16-8-4-9-17-24)13-5-2-10-19-26-25-18-11-12-20-27(25)30(29(26)32)21-23-14-6-3-7-15-23/h2-20,22,28,31H,21H2,1H3/b10-2+,13-5+,26-19+/t22-,28-/m1/s1. The molecule has 1 amide bonds. The van der Waals surface area contributed by atoms with Crippen LogP contribution in [0.3, 0.4) is 0 Å². The fourth-order valence-corrected chi connectivity index (χ4v) is 3.91. The molecule has 160 valence electrons. The average Bonchev–Trinajstić information content (AvgIpc) is 3.10. The molecule has 0 saturated heterocycles. The van der Waals surface area contributed by atoms with Gasteiger partial charge in [-0.25, -0.2) is 0 Å². The van der Waals surface area contributed by atoms with Crippen molar-refractivity contribution in [2.45, 2.75) is 19.6 Å². The third kappa shape index (κ3) is 4.79. The Morgan fingerprint density at radius 1 is 0.844 bits per heavy atom. The van der Waals surface area contributed by atoms with E-state index in [1.165, 1.54) is 0 Å². The van der Waals surface area contributed by atoms with Crippen molar-refractivity contribution in [3.8, 4) is 0 Å². The highest BCUT2D eigenvalue weighted by molar-refractivity contribution is 6.32. The van der Waals surface area contributed by atoms with E-state index in [2.05, 4.69) is 0 Å². The Labute approximate surface area is 189 Å². The maximum absolute atomic E-state index is 13.2. The third-order valence-electron chi connectivity index (χ3n) is 5.68. The summed E-state index contributed by atoms with van der Waals surface area (Å²) in [4.78, 5) is 15.0. The summed E-state index contributed by atoms with van der Waals surface area (Å²) >= 11 is 0. The Balaban J connectivity index is 1.47. The molecule has 3 aromatic rings. The van der Waals surface area contributed by atoms with Gasteiger partial charge in [0.25, 0.3) is 5.91 Å². The molecule has 32 heavy (non-hydrogen) atoms. The predicted molar refractivity (Wildman–Crippen MR) is 131 cm³/mol. The van der Waals surface area contributed by atoms with Crippen LogP contribution in [0.25, 0.3) is 5.57 Å². The van der Waals surface area contributed by atoms with Crippen LogP contribution in [0.15, 0.2) is 115 Å². The molecule has 0 fully saturated rings.